The molecule has 2 N–H and O–H groups in total. The van der Waals surface area contributed by atoms with E-state index in [9.17, 15) is 0 Å². The third kappa shape index (κ3) is 6.56. The molecule has 3 aliphatic rings. The molecule has 0 aliphatic heterocycles. The van der Waals surface area contributed by atoms with Crippen molar-refractivity contribution in [2.75, 3.05) is 12.8 Å². The normalized spacial score (nSPS) is 37.0. The van der Waals surface area contributed by atoms with Gasteiger partial charge in [-0.2, -0.15) is 12.6 Å². The van der Waals surface area contributed by atoms with Crippen LogP contribution in [0.25, 0.3) is 0 Å². The summed E-state index contributed by atoms with van der Waals surface area (Å²) < 4.78 is 0. The van der Waals surface area contributed by atoms with Gasteiger partial charge in [-0.15, -0.1) is 0 Å². The van der Waals surface area contributed by atoms with Crippen LogP contribution in [0.2, 0.25) is 0 Å². The van der Waals surface area contributed by atoms with Gasteiger partial charge in [-0.05, 0) is 74.0 Å². The maximum absolute atomic E-state index is 4.63. The summed E-state index contributed by atoms with van der Waals surface area (Å²) in [6.07, 6.45) is 13.8. The Kier molecular flexibility index (Phi) is 14.7. The second-order valence-corrected chi connectivity index (χ2v) is 7.74. The van der Waals surface area contributed by atoms with Crippen LogP contribution in [0.1, 0.15) is 92.4 Å². The van der Waals surface area contributed by atoms with Gasteiger partial charge in [0.1, 0.15) is 0 Å². The third-order valence-corrected chi connectivity index (χ3v) is 7.05. The molecule has 3 rings (SSSR count). The predicted molar refractivity (Wildman–Crippen MR) is 115 cm³/mol. The van der Waals surface area contributed by atoms with Crippen LogP contribution in [0.15, 0.2) is 0 Å². The second kappa shape index (κ2) is 14.5. The van der Waals surface area contributed by atoms with E-state index >= 15 is 0 Å². The summed E-state index contributed by atoms with van der Waals surface area (Å²) in [4.78, 5) is 0. The summed E-state index contributed by atoms with van der Waals surface area (Å²) in [5.41, 5.74) is 4.50. The van der Waals surface area contributed by atoms with Gasteiger partial charge in [0.15, 0.2) is 0 Å². The maximum atomic E-state index is 4.63. The van der Waals surface area contributed by atoms with Crippen molar-refractivity contribution < 1.29 is 0 Å². The summed E-state index contributed by atoms with van der Waals surface area (Å²) in [5.74, 6) is 7.44. The van der Waals surface area contributed by atoms with E-state index in [1.54, 1.807) is 25.7 Å². The number of nitrogens with two attached hydrogens (primary N) is 1. The number of hydrogen-bond acceptors (Lipinski definition) is 2. The zero-order chi connectivity index (χ0) is 18.5. The Balaban J connectivity index is 0.000000798. The van der Waals surface area contributed by atoms with Gasteiger partial charge < -0.3 is 5.73 Å². The molecule has 3 saturated carbocycles. The average molecular weight is 358 g/mol. The first kappa shape index (κ1) is 24.3. The Hall–Kier alpha value is 0.310. The molecule has 0 heterocycles. The van der Waals surface area contributed by atoms with E-state index in [0.29, 0.717) is 0 Å². The molecule has 6 unspecified atom stereocenters. The molecule has 0 saturated heterocycles. The Morgan fingerprint density at radius 1 is 0.708 bits per heavy atom. The molecule has 0 bridgehead atoms. The first-order valence-corrected chi connectivity index (χ1v) is 11.6. The minimum atomic E-state index is 0.930. The van der Waals surface area contributed by atoms with Crippen molar-refractivity contribution in [3.8, 4) is 0 Å². The van der Waals surface area contributed by atoms with Crippen LogP contribution >= 0.6 is 12.6 Å². The highest BCUT2D eigenvalue weighted by Crippen LogP contribution is 2.52. The van der Waals surface area contributed by atoms with Gasteiger partial charge in [-0.1, -0.05) is 66.7 Å². The summed E-state index contributed by atoms with van der Waals surface area (Å²) in [5, 5.41) is 0. The lowest BCUT2D eigenvalue weighted by Crippen LogP contribution is -2.40. The molecule has 0 aromatic rings. The van der Waals surface area contributed by atoms with E-state index < -0.39 is 0 Å². The summed E-state index contributed by atoms with van der Waals surface area (Å²) >= 11 is 4.63. The lowest BCUT2D eigenvalue weighted by Gasteiger charge is -2.50. The molecule has 1 nitrogen and oxygen atoms in total. The van der Waals surface area contributed by atoms with Gasteiger partial charge in [0.05, 0.1) is 0 Å². The maximum Gasteiger partial charge on any atom is -0.00667 e. The van der Waals surface area contributed by atoms with E-state index in [0.717, 1.165) is 41.3 Å². The summed E-state index contributed by atoms with van der Waals surface area (Å²) in [7, 11) is 1.50. The van der Waals surface area contributed by atoms with E-state index in [1.165, 1.54) is 39.2 Å². The van der Waals surface area contributed by atoms with E-state index in [-0.39, 0.29) is 0 Å². The zero-order valence-electron chi connectivity index (χ0n) is 17.6. The topological polar surface area (TPSA) is 26.0 Å². The average Bonchev–Trinajstić information content (AvgIpc) is 2.69. The SMILES string of the molecule is CC.CC.CCC1CC2CC3CCCCC3CC2CC1CS.CN. The predicted octanol–water partition coefficient (Wildman–Crippen LogP) is 6.81. The number of thiol groups is 1. The molecule has 0 radical (unpaired) electrons. The fourth-order valence-electron chi connectivity index (χ4n) is 5.53. The lowest BCUT2D eigenvalue weighted by atomic mass is 9.56. The molecule has 3 aliphatic carbocycles. The summed E-state index contributed by atoms with van der Waals surface area (Å²) in [6, 6.07) is 0. The first-order chi connectivity index (χ1) is 11.8. The fourth-order valence-corrected chi connectivity index (χ4v) is 5.98. The van der Waals surface area contributed by atoms with Crippen LogP contribution < -0.4 is 5.73 Å². The van der Waals surface area contributed by atoms with Crippen molar-refractivity contribution in [3.63, 3.8) is 0 Å². The van der Waals surface area contributed by atoms with Crippen LogP contribution in [0.3, 0.4) is 0 Å². The van der Waals surface area contributed by atoms with Crippen LogP contribution in [-0.2, 0) is 0 Å². The van der Waals surface area contributed by atoms with Gasteiger partial charge in [0.25, 0.3) is 0 Å². The highest BCUT2D eigenvalue weighted by Gasteiger charge is 2.43. The van der Waals surface area contributed by atoms with E-state index in [4.69, 9.17) is 0 Å². The quantitative estimate of drug-likeness (QED) is 0.521. The molecule has 0 spiro atoms. The number of hydrogen-bond donors (Lipinski definition) is 2. The smallest absolute Gasteiger partial charge is 0.00667 e. The molecular weight excluding hydrogens is 310 g/mol. The highest BCUT2D eigenvalue weighted by molar-refractivity contribution is 7.80. The van der Waals surface area contributed by atoms with Gasteiger partial charge in [-0.25, -0.2) is 0 Å². The second-order valence-electron chi connectivity index (χ2n) is 7.38. The van der Waals surface area contributed by atoms with Crippen molar-refractivity contribution in [3.05, 3.63) is 0 Å². The van der Waals surface area contributed by atoms with Crippen molar-refractivity contribution in [1.29, 1.82) is 0 Å². The minimum absolute atomic E-state index is 0.930. The van der Waals surface area contributed by atoms with E-state index in [1.807, 2.05) is 27.7 Å². The van der Waals surface area contributed by atoms with Crippen LogP contribution in [-0.4, -0.2) is 12.8 Å². The molecule has 146 valence electrons. The summed E-state index contributed by atoms with van der Waals surface area (Å²) in [6.45, 7) is 10.4. The van der Waals surface area contributed by atoms with Crippen LogP contribution in [0, 0.1) is 35.5 Å². The van der Waals surface area contributed by atoms with Gasteiger partial charge >= 0.3 is 0 Å². The number of fused-ring (bicyclic) bond motifs is 2. The number of rotatable bonds is 2. The lowest BCUT2D eigenvalue weighted by molar-refractivity contribution is 0.0138. The van der Waals surface area contributed by atoms with Crippen LogP contribution in [0.5, 0.6) is 0 Å². The standard InChI is InChI=1S/C17H30S.2C2H6.CH5N/c1-2-12-7-15-8-13-5-3-4-6-14(13)9-16(15)10-17(12)11-18;3*1-2/h12-18H,2-11H2,1H3;2*1-2H3;2H2,1H3. The molecule has 24 heavy (non-hydrogen) atoms. The van der Waals surface area contributed by atoms with Crippen molar-refractivity contribution in [1.82, 2.24) is 0 Å². The van der Waals surface area contributed by atoms with Crippen LogP contribution in [0.4, 0.5) is 0 Å². The van der Waals surface area contributed by atoms with E-state index in [2.05, 4.69) is 25.3 Å². The largest absolute Gasteiger partial charge is 0.333 e. The minimum Gasteiger partial charge on any atom is -0.333 e. The zero-order valence-corrected chi connectivity index (χ0v) is 18.5. The molecular formula is C22H47NS. The Morgan fingerprint density at radius 3 is 1.50 bits per heavy atom. The fraction of sp³-hybridized carbons (Fsp3) is 1.00. The highest BCUT2D eigenvalue weighted by atomic mass is 32.1. The van der Waals surface area contributed by atoms with Gasteiger partial charge in [-0.3, -0.25) is 0 Å². The van der Waals surface area contributed by atoms with Gasteiger partial charge in [0, 0.05) is 0 Å². The molecule has 6 atom stereocenters. The Morgan fingerprint density at radius 2 is 1.12 bits per heavy atom. The van der Waals surface area contributed by atoms with Crippen molar-refractivity contribution in [2.24, 2.45) is 41.2 Å². The monoisotopic (exact) mass is 357 g/mol. The Labute approximate surface area is 159 Å². The molecule has 0 aromatic heterocycles. The Bertz CT molecular complexity index is 241. The first-order valence-electron chi connectivity index (χ1n) is 11.0. The molecule has 3 fully saturated rings. The van der Waals surface area contributed by atoms with Crippen molar-refractivity contribution >= 4 is 12.6 Å². The van der Waals surface area contributed by atoms with Gasteiger partial charge in [0.2, 0.25) is 0 Å². The molecule has 0 amide bonds. The van der Waals surface area contributed by atoms with Crippen molar-refractivity contribution in [2.45, 2.75) is 92.4 Å². The third-order valence-electron chi connectivity index (χ3n) is 6.58. The molecule has 2 heteroatoms. The molecule has 0 aromatic carbocycles.